The van der Waals surface area contributed by atoms with Crippen molar-refractivity contribution >= 4 is 30.6 Å². The van der Waals surface area contributed by atoms with Crippen molar-refractivity contribution in [3.05, 3.63) is 36.0 Å². The zero-order valence-electron chi connectivity index (χ0n) is 15.3. The molecule has 0 N–H and O–H groups in total. The first kappa shape index (κ1) is 18.7. The summed E-state index contributed by atoms with van der Waals surface area (Å²) in [5.41, 5.74) is 0. The van der Waals surface area contributed by atoms with Gasteiger partial charge in [0.15, 0.2) is 4.34 Å². The van der Waals surface area contributed by atoms with Crippen LogP contribution in [-0.2, 0) is 8.47 Å². The Labute approximate surface area is 164 Å². The van der Waals surface area contributed by atoms with Crippen molar-refractivity contribution in [2.24, 2.45) is 0 Å². The van der Waals surface area contributed by atoms with Crippen LogP contribution in [0.25, 0.3) is 0 Å². The maximum absolute atomic E-state index is 15.5. The third-order valence-corrected chi connectivity index (χ3v) is 15.1. The molecule has 0 bridgehead atoms. The highest BCUT2D eigenvalue weighted by atomic mass is 33.2. The predicted molar refractivity (Wildman–Crippen MR) is 113 cm³/mol. The summed E-state index contributed by atoms with van der Waals surface area (Å²) in [7, 11) is -1.78. The number of aromatic nitrogens is 1. The first-order valence-electron chi connectivity index (χ1n) is 9.82. The largest absolute Gasteiger partial charge is 0.295 e. The maximum atomic E-state index is 15.5. The van der Waals surface area contributed by atoms with Crippen LogP contribution in [0.4, 0.5) is 0 Å². The molecule has 1 aromatic heterocycles. The van der Waals surface area contributed by atoms with Gasteiger partial charge in [0.25, 0.3) is 0 Å². The number of hydrogen-bond donors (Lipinski definition) is 0. The number of piperidine rings is 1. The molecule has 1 aromatic rings. The van der Waals surface area contributed by atoms with E-state index in [0.717, 1.165) is 62.5 Å². The van der Waals surface area contributed by atoms with E-state index in [1.165, 1.54) is 12.8 Å². The second-order valence-electron chi connectivity index (χ2n) is 7.25. The van der Waals surface area contributed by atoms with Crippen LogP contribution in [0.1, 0.15) is 51.4 Å². The average molecular weight is 412 g/mol. The monoisotopic (exact) mass is 411 g/mol. The molecule has 26 heavy (non-hydrogen) atoms. The van der Waals surface area contributed by atoms with Crippen molar-refractivity contribution in [3.63, 3.8) is 0 Å². The predicted octanol–water partition coefficient (Wildman–Crippen LogP) is 5.00. The van der Waals surface area contributed by atoms with Gasteiger partial charge in [-0.25, -0.2) is 13.5 Å². The molecule has 1 aliphatic carbocycles. The smallest absolute Gasteiger partial charge is 0.199 e. The minimum Gasteiger partial charge on any atom is -0.295 e. The minimum atomic E-state index is -3.48. The van der Waals surface area contributed by atoms with Crippen molar-refractivity contribution in [1.29, 1.82) is 0 Å². The molecule has 144 valence electrons. The SMILES string of the molecule is O=S(SC1C=CCCC1)(c1nccs1)(N1C=CCCC1)N1CCCCC1. The highest BCUT2D eigenvalue weighted by Crippen LogP contribution is 2.57. The third kappa shape index (κ3) is 3.21. The van der Waals surface area contributed by atoms with Gasteiger partial charge in [-0.05, 0) is 55.7 Å². The Hall–Kier alpha value is -0.630. The second kappa shape index (κ2) is 7.78. The van der Waals surface area contributed by atoms with Crippen molar-refractivity contribution in [1.82, 2.24) is 13.6 Å². The van der Waals surface area contributed by atoms with Crippen LogP contribution in [0.2, 0.25) is 0 Å². The molecule has 3 heterocycles. The van der Waals surface area contributed by atoms with Gasteiger partial charge >= 0.3 is 0 Å². The van der Waals surface area contributed by atoms with Gasteiger partial charge in [0.05, 0.1) is 0 Å². The zero-order valence-corrected chi connectivity index (χ0v) is 17.7. The number of rotatable bonds is 5. The second-order valence-corrected chi connectivity index (χ2v) is 14.5. The van der Waals surface area contributed by atoms with Gasteiger partial charge in [-0.15, -0.1) is 11.3 Å². The van der Waals surface area contributed by atoms with Crippen LogP contribution in [0.3, 0.4) is 0 Å². The highest BCUT2D eigenvalue weighted by Gasteiger charge is 2.53. The summed E-state index contributed by atoms with van der Waals surface area (Å²) < 4.78 is 20.8. The van der Waals surface area contributed by atoms with Gasteiger partial charge in [-0.3, -0.25) is 4.31 Å². The fourth-order valence-corrected chi connectivity index (χ4v) is 14.1. The summed E-state index contributed by atoms with van der Waals surface area (Å²) in [5.74, 6) is 0. The van der Waals surface area contributed by atoms with E-state index in [-0.39, 0.29) is 0 Å². The molecule has 0 saturated carbocycles. The molecule has 1 saturated heterocycles. The molecule has 4 nitrogen and oxygen atoms in total. The number of hydrogen-bond acceptors (Lipinski definition) is 4. The van der Waals surface area contributed by atoms with Gasteiger partial charge in [-0.2, -0.15) is 0 Å². The molecule has 0 amide bonds. The molecule has 2 aliphatic heterocycles. The van der Waals surface area contributed by atoms with Crippen molar-refractivity contribution < 1.29 is 4.21 Å². The quantitative estimate of drug-likeness (QED) is 0.505. The molecule has 4 rings (SSSR count). The van der Waals surface area contributed by atoms with Crippen LogP contribution in [0.5, 0.6) is 0 Å². The Morgan fingerprint density at radius 3 is 2.58 bits per heavy atom. The molecule has 1 atom stereocenters. The topological polar surface area (TPSA) is 36.4 Å². The summed E-state index contributed by atoms with van der Waals surface area (Å²) in [5, 5.41) is 2.28. The number of allylic oxidation sites excluding steroid dienone is 2. The summed E-state index contributed by atoms with van der Waals surface area (Å²) in [6.07, 6.45) is 19.7. The molecule has 1 unspecified atom stereocenters. The van der Waals surface area contributed by atoms with Gasteiger partial charge in [-0.1, -0.05) is 24.6 Å². The molecule has 0 spiro atoms. The normalized spacial score (nSPS) is 26.5. The maximum Gasteiger partial charge on any atom is 0.199 e. The Morgan fingerprint density at radius 2 is 1.92 bits per heavy atom. The number of thiazole rings is 1. The molecule has 0 radical (unpaired) electrons. The van der Waals surface area contributed by atoms with E-state index in [0.29, 0.717) is 5.25 Å². The number of nitrogens with zero attached hydrogens (tertiary/aromatic N) is 3. The van der Waals surface area contributed by atoms with E-state index in [2.05, 4.69) is 38.0 Å². The van der Waals surface area contributed by atoms with Gasteiger partial charge in [0.1, 0.15) is 8.47 Å². The lowest BCUT2D eigenvalue weighted by molar-refractivity contribution is 0.330. The summed E-state index contributed by atoms with van der Waals surface area (Å²) in [6, 6.07) is 0. The van der Waals surface area contributed by atoms with Gasteiger partial charge in [0.2, 0.25) is 0 Å². The van der Waals surface area contributed by atoms with E-state index in [1.54, 1.807) is 22.1 Å². The fourth-order valence-electron chi connectivity index (χ4n) is 4.07. The molecule has 3 aliphatic rings. The first-order valence-corrected chi connectivity index (χ1v) is 14.0. The van der Waals surface area contributed by atoms with E-state index < -0.39 is 8.47 Å². The molecular weight excluding hydrogens is 382 g/mol. The standard InChI is InChI=1S/C19H29N3OS3/c23-26(19-20-12-17-24-19,21-13-6-2-7-14-21,22-15-8-3-9-16-22)25-18-10-4-1-5-11-18/h4,6,10,12-13,17-18H,1-3,5,7-9,11,14-16H2. The van der Waals surface area contributed by atoms with Crippen LogP contribution >= 0.6 is 22.1 Å². The molecule has 0 aromatic carbocycles. The van der Waals surface area contributed by atoms with Crippen LogP contribution in [0.15, 0.2) is 40.3 Å². The Balaban J connectivity index is 1.85. The molecular formula is C19H29N3OS3. The third-order valence-electron chi connectivity index (χ3n) is 5.42. The zero-order chi connectivity index (χ0) is 17.9. The van der Waals surface area contributed by atoms with Crippen molar-refractivity contribution in [2.75, 3.05) is 19.6 Å². The van der Waals surface area contributed by atoms with Crippen LogP contribution in [0, 0.1) is 0 Å². The average Bonchev–Trinajstić information content (AvgIpc) is 3.26. The van der Waals surface area contributed by atoms with E-state index in [1.807, 2.05) is 11.6 Å². The van der Waals surface area contributed by atoms with Gasteiger partial charge < -0.3 is 0 Å². The van der Waals surface area contributed by atoms with Crippen LogP contribution < -0.4 is 0 Å². The molecule has 1 fully saturated rings. The summed E-state index contributed by atoms with van der Waals surface area (Å²) in [6.45, 7) is 2.65. The lowest BCUT2D eigenvalue weighted by Gasteiger charge is -2.57. The summed E-state index contributed by atoms with van der Waals surface area (Å²) in [4.78, 5) is 4.67. The Morgan fingerprint density at radius 1 is 1.08 bits per heavy atom. The van der Waals surface area contributed by atoms with Gasteiger partial charge in [0, 0.05) is 42.7 Å². The van der Waals surface area contributed by atoms with Crippen molar-refractivity contribution in [2.45, 2.75) is 61.0 Å². The lowest BCUT2D eigenvalue weighted by atomic mass is 10.1. The molecule has 7 heteroatoms. The lowest BCUT2D eigenvalue weighted by Crippen LogP contribution is -2.60. The van der Waals surface area contributed by atoms with Crippen LogP contribution in [-0.4, -0.2) is 42.7 Å². The first-order chi connectivity index (χ1) is 12.7. The fraction of sp³-hybridized carbons (Fsp3) is 0.632. The van der Waals surface area contributed by atoms with E-state index in [4.69, 9.17) is 0 Å². The highest BCUT2D eigenvalue weighted by molar-refractivity contribution is 8.84. The summed E-state index contributed by atoms with van der Waals surface area (Å²) >= 11 is 1.57. The Bertz CT molecular complexity index is 724. The minimum absolute atomic E-state index is 0.296. The van der Waals surface area contributed by atoms with Crippen molar-refractivity contribution in [3.8, 4) is 0 Å². The Kier molecular flexibility index (Phi) is 5.60. The van der Waals surface area contributed by atoms with E-state index >= 15 is 4.21 Å². The van der Waals surface area contributed by atoms with E-state index in [9.17, 15) is 0 Å².